The Bertz CT molecular complexity index is 409. The van der Waals surface area contributed by atoms with E-state index in [4.69, 9.17) is 5.11 Å². The Hall–Kier alpha value is -1.85. The van der Waals surface area contributed by atoms with Crippen molar-refractivity contribution in [3.63, 3.8) is 0 Å². The van der Waals surface area contributed by atoms with Crippen LogP contribution in [-0.4, -0.2) is 41.2 Å². The fraction of sp³-hybridized carbons (Fsp3) is 0.615. The van der Waals surface area contributed by atoms with E-state index in [-0.39, 0.29) is 6.54 Å². The number of likely N-dealkylation sites (N-methyl/N-ethyl adjacent to an activating group) is 1. The van der Waals surface area contributed by atoms with Crippen molar-refractivity contribution in [2.75, 3.05) is 30.4 Å². The summed E-state index contributed by atoms with van der Waals surface area (Å²) in [6.45, 7) is 5.17. The molecule has 0 saturated carbocycles. The Labute approximate surface area is 113 Å². The number of hydrogen-bond acceptors (Lipinski definition) is 5. The predicted molar refractivity (Wildman–Crippen MR) is 75.5 cm³/mol. The van der Waals surface area contributed by atoms with Crippen LogP contribution in [0.1, 0.15) is 26.7 Å². The minimum Gasteiger partial charge on any atom is -0.480 e. The van der Waals surface area contributed by atoms with Gasteiger partial charge in [-0.3, -0.25) is 4.79 Å². The van der Waals surface area contributed by atoms with Gasteiger partial charge in [0, 0.05) is 19.7 Å². The monoisotopic (exact) mass is 266 g/mol. The SMILES string of the molecule is CC(C)CCCNc1cc(N(C)CC(=O)O)ncn1. The summed E-state index contributed by atoms with van der Waals surface area (Å²) in [6, 6.07) is 1.76. The van der Waals surface area contributed by atoms with Crippen molar-refractivity contribution in [3.05, 3.63) is 12.4 Å². The molecule has 0 spiro atoms. The molecule has 1 aromatic rings. The zero-order valence-corrected chi connectivity index (χ0v) is 11.8. The Morgan fingerprint density at radius 3 is 2.84 bits per heavy atom. The Morgan fingerprint density at radius 1 is 1.47 bits per heavy atom. The van der Waals surface area contributed by atoms with Gasteiger partial charge in [-0.05, 0) is 18.8 Å². The van der Waals surface area contributed by atoms with Gasteiger partial charge < -0.3 is 15.3 Å². The fourth-order valence-corrected chi connectivity index (χ4v) is 1.66. The van der Waals surface area contributed by atoms with Crippen LogP contribution in [0.4, 0.5) is 11.6 Å². The lowest BCUT2D eigenvalue weighted by molar-refractivity contribution is -0.135. The van der Waals surface area contributed by atoms with Crippen LogP contribution in [0, 0.1) is 5.92 Å². The fourth-order valence-electron chi connectivity index (χ4n) is 1.66. The smallest absolute Gasteiger partial charge is 0.323 e. The van der Waals surface area contributed by atoms with Crippen molar-refractivity contribution in [3.8, 4) is 0 Å². The molecule has 2 N–H and O–H groups in total. The van der Waals surface area contributed by atoms with Crippen molar-refractivity contribution in [2.45, 2.75) is 26.7 Å². The third-order valence-corrected chi connectivity index (χ3v) is 2.68. The van der Waals surface area contributed by atoms with Gasteiger partial charge in [-0.2, -0.15) is 0 Å². The first-order chi connectivity index (χ1) is 8.99. The lowest BCUT2D eigenvalue weighted by Gasteiger charge is -2.16. The molecule has 1 heterocycles. The van der Waals surface area contributed by atoms with E-state index in [1.807, 2.05) is 0 Å². The molecule has 106 valence electrons. The van der Waals surface area contributed by atoms with Gasteiger partial charge in [0.15, 0.2) is 0 Å². The summed E-state index contributed by atoms with van der Waals surface area (Å²) in [7, 11) is 1.69. The second-order valence-electron chi connectivity index (χ2n) is 4.97. The van der Waals surface area contributed by atoms with Crippen LogP contribution in [0.2, 0.25) is 0 Å². The lowest BCUT2D eigenvalue weighted by Crippen LogP contribution is -2.26. The Balaban J connectivity index is 2.49. The number of carboxylic acids is 1. The van der Waals surface area contributed by atoms with E-state index < -0.39 is 5.97 Å². The molecule has 0 atom stereocenters. The topological polar surface area (TPSA) is 78.4 Å². The van der Waals surface area contributed by atoms with Gasteiger partial charge in [0.05, 0.1) is 0 Å². The van der Waals surface area contributed by atoms with Gasteiger partial charge in [-0.15, -0.1) is 0 Å². The highest BCUT2D eigenvalue weighted by Crippen LogP contribution is 2.12. The number of nitrogens with one attached hydrogen (secondary N) is 1. The highest BCUT2D eigenvalue weighted by molar-refractivity contribution is 5.73. The number of aliphatic carboxylic acids is 1. The third kappa shape index (κ3) is 6.03. The molecule has 6 heteroatoms. The van der Waals surface area contributed by atoms with Crippen LogP contribution < -0.4 is 10.2 Å². The number of carboxylic acid groups (broad SMARTS) is 1. The maximum absolute atomic E-state index is 10.6. The van der Waals surface area contributed by atoms with Gasteiger partial charge in [0.2, 0.25) is 0 Å². The van der Waals surface area contributed by atoms with Crippen LogP contribution in [0.15, 0.2) is 12.4 Å². The van der Waals surface area contributed by atoms with E-state index in [0.717, 1.165) is 18.8 Å². The summed E-state index contributed by atoms with van der Waals surface area (Å²) < 4.78 is 0. The summed E-state index contributed by atoms with van der Waals surface area (Å²) in [6.07, 6.45) is 3.70. The number of aromatic nitrogens is 2. The summed E-state index contributed by atoms with van der Waals surface area (Å²) in [5, 5.41) is 12.0. The Morgan fingerprint density at radius 2 is 2.21 bits per heavy atom. The standard InChI is InChI=1S/C13H22N4O2/c1-10(2)5-4-6-14-11-7-12(16-9-15-11)17(3)8-13(18)19/h7,9-10H,4-6,8H2,1-3H3,(H,18,19)(H,14,15,16). The highest BCUT2D eigenvalue weighted by Gasteiger charge is 2.07. The van der Waals surface area contributed by atoms with Crippen LogP contribution in [-0.2, 0) is 4.79 Å². The summed E-state index contributed by atoms with van der Waals surface area (Å²) in [5.41, 5.74) is 0. The molecule has 0 aliphatic carbocycles. The molecule has 0 fully saturated rings. The summed E-state index contributed by atoms with van der Waals surface area (Å²) in [5.74, 6) is 1.15. The van der Waals surface area contributed by atoms with E-state index in [2.05, 4.69) is 29.1 Å². The normalized spacial score (nSPS) is 10.5. The van der Waals surface area contributed by atoms with Crippen LogP contribution in [0.25, 0.3) is 0 Å². The van der Waals surface area contributed by atoms with E-state index in [0.29, 0.717) is 11.7 Å². The van der Waals surface area contributed by atoms with E-state index >= 15 is 0 Å². The molecule has 0 bridgehead atoms. The lowest BCUT2D eigenvalue weighted by atomic mass is 10.1. The number of hydrogen-bond donors (Lipinski definition) is 2. The number of nitrogens with zero attached hydrogens (tertiary/aromatic N) is 3. The van der Waals surface area contributed by atoms with E-state index in [1.54, 1.807) is 18.0 Å². The molecule has 0 aliphatic heterocycles. The summed E-state index contributed by atoms with van der Waals surface area (Å²) >= 11 is 0. The second kappa shape index (κ2) is 7.56. The second-order valence-corrected chi connectivity index (χ2v) is 4.97. The average molecular weight is 266 g/mol. The van der Waals surface area contributed by atoms with E-state index in [9.17, 15) is 4.79 Å². The van der Waals surface area contributed by atoms with Crippen molar-refractivity contribution in [2.24, 2.45) is 5.92 Å². The summed E-state index contributed by atoms with van der Waals surface area (Å²) in [4.78, 5) is 20.4. The van der Waals surface area contributed by atoms with Crippen LogP contribution in [0.5, 0.6) is 0 Å². The minimum atomic E-state index is -0.882. The third-order valence-electron chi connectivity index (χ3n) is 2.68. The minimum absolute atomic E-state index is 0.0796. The van der Waals surface area contributed by atoms with Crippen molar-refractivity contribution < 1.29 is 9.90 Å². The maximum Gasteiger partial charge on any atom is 0.323 e. The first kappa shape index (κ1) is 15.2. The molecule has 0 saturated heterocycles. The molecule has 1 rings (SSSR count). The van der Waals surface area contributed by atoms with Crippen LogP contribution in [0.3, 0.4) is 0 Å². The predicted octanol–water partition coefficient (Wildman–Crippen LogP) is 1.85. The van der Waals surface area contributed by atoms with E-state index in [1.165, 1.54) is 12.7 Å². The van der Waals surface area contributed by atoms with Crippen LogP contribution >= 0.6 is 0 Å². The molecule has 0 unspecified atom stereocenters. The molecule has 0 radical (unpaired) electrons. The molecule has 0 aliphatic rings. The van der Waals surface area contributed by atoms with Gasteiger partial charge in [-0.1, -0.05) is 13.8 Å². The molecular formula is C13H22N4O2. The van der Waals surface area contributed by atoms with Gasteiger partial charge in [0.1, 0.15) is 24.5 Å². The molecule has 0 amide bonds. The number of anilines is 2. The molecular weight excluding hydrogens is 244 g/mol. The highest BCUT2D eigenvalue weighted by atomic mass is 16.4. The van der Waals surface area contributed by atoms with Crippen molar-refractivity contribution in [1.29, 1.82) is 0 Å². The molecule has 0 aromatic carbocycles. The van der Waals surface area contributed by atoms with Crippen molar-refractivity contribution in [1.82, 2.24) is 9.97 Å². The van der Waals surface area contributed by atoms with Gasteiger partial charge in [-0.25, -0.2) is 9.97 Å². The Kier molecular flexibility index (Phi) is 6.05. The largest absolute Gasteiger partial charge is 0.480 e. The molecule has 6 nitrogen and oxygen atoms in total. The molecule has 1 aromatic heterocycles. The average Bonchev–Trinajstić information content (AvgIpc) is 2.34. The quantitative estimate of drug-likeness (QED) is 0.699. The molecule has 19 heavy (non-hydrogen) atoms. The van der Waals surface area contributed by atoms with Gasteiger partial charge in [0.25, 0.3) is 0 Å². The zero-order valence-electron chi connectivity index (χ0n) is 11.8. The maximum atomic E-state index is 10.6. The number of carbonyl (C=O) groups is 1. The van der Waals surface area contributed by atoms with Crippen molar-refractivity contribution >= 4 is 17.6 Å². The first-order valence-corrected chi connectivity index (χ1v) is 6.48. The first-order valence-electron chi connectivity index (χ1n) is 6.48. The number of rotatable bonds is 8. The zero-order chi connectivity index (χ0) is 14.3. The van der Waals surface area contributed by atoms with Gasteiger partial charge >= 0.3 is 5.97 Å².